The van der Waals surface area contributed by atoms with Crippen LogP contribution in [0.25, 0.3) is 22.7 Å². The molecule has 3 heterocycles. The first-order chi connectivity index (χ1) is 14.9. The number of pyridine rings is 2. The Morgan fingerprint density at radius 1 is 1.00 bits per heavy atom. The Morgan fingerprint density at radius 3 is 2.35 bits per heavy atom. The van der Waals surface area contributed by atoms with E-state index in [9.17, 15) is 9.50 Å². The van der Waals surface area contributed by atoms with E-state index in [0.717, 1.165) is 11.3 Å². The molecular weight excluding hydrogens is 437 g/mol. The van der Waals surface area contributed by atoms with E-state index in [-0.39, 0.29) is 12.4 Å². The van der Waals surface area contributed by atoms with E-state index in [2.05, 4.69) is 15.0 Å². The fourth-order valence-electron chi connectivity index (χ4n) is 2.81. The van der Waals surface area contributed by atoms with E-state index in [0.29, 0.717) is 32.3 Å². The average Bonchev–Trinajstić information content (AvgIpc) is 3.19. The van der Waals surface area contributed by atoms with E-state index in [1.54, 1.807) is 36.7 Å². The van der Waals surface area contributed by atoms with Gasteiger partial charge in [-0.2, -0.15) is 0 Å². The molecule has 31 heavy (non-hydrogen) atoms. The summed E-state index contributed by atoms with van der Waals surface area (Å²) in [5.41, 5.74) is 2.33. The second-order valence-electron chi connectivity index (χ2n) is 7.55. The Labute approximate surface area is 188 Å². The zero-order valence-electron chi connectivity index (χ0n) is 16.8. The summed E-state index contributed by atoms with van der Waals surface area (Å²) in [4.78, 5) is 13.5. The summed E-state index contributed by atoms with van der Waals surface area (Å²) in [6, 6.07) is 13.3. The van der Waals surface area contributed by atoms with Crippen LogP contribution >= 0.6 is 23.4 Å². The lowest BCUT2D eigenvalue weighted by molar-refractivity contribution is 0.215. The SMILES string of the molecule is CC(C)(CO)c1ccc(-c2nc(-c3ccc(F)cc3)oc2Sc2ccc(Cl)cn2)cn1. The molecule has 0 bridgehead atoms. The van der Waals surface area contributed by atoms with Gasteiger partial charge in [-0.1, -0.05) is 25.4 Å². The van der Waals surface area contributed by atoms with Crippen LogP contribution in [0.5, 0.6) is 0 Å². The van der Waals surface area contributed by atoms with Gasteiger partial charge in [0.2, 0.25) is 5.89 Å². The van der Waals surface area contributed by atoms with Crippen LogP contribution in [0, 0.1) is 5.82 Å². The van der Waals surface area contributed by atoms with Crippen LogP contribution in [0.4, 0.5) is 4.39 Å². The van der Waals surface area contributed by atoms with Crippen molar-refractivity contribution in [3.8, 4) is 22.7 Å². The summed E-state index contributed by atoms with van der Waals surface area (Å²) in [5.74, 6) is 0.0352. The zero-order chi connectivity index (χ0) is 22.0. The predicted octanol–water partition coefficient (Wildman–Crippen LogP) is 6.01. The smallest absolute Gasteiger partial charge is 0.228 e. The number of benzene rings is 1. The number of hydrogen-bond donors (Lipinski definition) is 1. The quantitative estimate of drug-likeness (QED) is 0.383. The first-order valence-electron chi connectivity index (χ1n) is 9.50. The number of aliphatic hydroxyl groups is 1. The molecule has 158 valence electrons. The van der Waals surface area contributed by atoms with Gasteiger partial charge in [0.05, 0.1) is 11.6 Å². The zero-order valence-corrected chi connectivity index (χ0v) is 18.4. The lowest BCUT2D eigenvalue weighted by Crippen LogP contribution is -2.23. The Kier molecular flexibility index (Phi) is 6.09. The Morgan fingerprint density at radius 2 is 1.74 bits per heavy atom. The van der Waals surface area contributed by atoms with Crippen LogP contribution in [-0.4, -0.2) is 26.7 Å². The highest BCUT2D eigenvalue weighted by atomic mass is 35.5. The molecule has 0 spiro atoms. The minimum absolute atomic E-state index is 0.0125. The molecule has 5 nitrogen and oxygen atoms in total. The molecule has 0 aliphatic heterocycles. The highest BCUT2D eigenvalue weighted by Crippen LogP contribution is 2.38. The molecule has 1 aromatic carbocycles. The minimum atomic E-state index is -0.452. The standard InChI is InChI=1S/C23H19ClFN3O2S/c1-23(2,13-29)18-9-5-15(11-26-18)20-22(31-19-10-6-16(24)12-27-19)30-21(28-20)14-3-7-17(25)8-4-14/h3-12,29H,13H2,1-2H3. The van der Waals surface area contributed by atoms with E-state index in [1.807, 2.05) is 26.0 Å². The van der Waals surface area contributed by atoms with Gasteiger partial charge in [-0.05, 0) is 60.3 Å². The van der Waals surface area contributed by atoms with Gasteiger partial charge in [0, 0.05) is 34.6 Å². The fraction of sp³-hybridized carbons (Fsp3) is 0.174. The molecule has 0 saturated heterocycles. The molecule has 3 aromatic heterocycles. The van der Waals surface area contributed by atoms with Gasteiger partial charge >= 0.3 is 0 Å². The van der Waals surface area contributed by atoms with E-state index in [1.165, 1.54) is 23.9 Å². The maximum Gasteiger partial charge on any atom is 0.228 e. The third kappa shape index (κ3) is 4.79. The van der Waals surface area contributed by atoms with E-state index >= 15 is 0 Å². The molecule has 0 fully saturated rings. The highest BCUT2D eigenvalue weighted by Gasteiger charge is 2.23. The van der Waals surface area contributed by atoms with Gasteiger partial charge in [0.15, 0.2) is 5.09 Å². The van der Waals surface area contributed by atoms with Crippen molar-refractivity contribution in [1.82, 2.24) is 15.0 Å². The maximum atomic E-state index is 13.3. The topological polar surface area (TPSA) is 72.0 Å². The molecule has 0 atom stereocenters. The lowest BCUT2D eigenvalue weighted by Gasteiger charge is -2.20. The molecule has 0 unspecified atom stereocenters. The highest BCUT2D eigenvalue weighted by molar-refractivity contribution is 7.99. The molecule has 4 rings (SSSR count). The van der Waals surface area contributed by atoms with Crippen molar-refractivity contribution < 1.29 is 13.9 Å². The third-order valence-corrected chi connectivity index (χ3v) is 5.85. The number of aromatic nitrogens is 3. The number of rotatable bonds is 6. The molecular formula is C23H19ClFN3O2S. The maximum absolute atomic E-state index is 13.3. The molecule has 0 radical (unpaired) electrons. The van der Waals surface area contributed by atoms with Crippen LogP contribution in [0.3, 0.4) is 0 Å². The number of nitrogens with zero attached hydrogens (tertiary/aromatic N) is 3. The largest absolute Gasteiger partial charge is 0.429 e. The second-order valence-corrected chi connectivity index (χ2v) is 8.98. The van der Waals surface area contributed by atoms with Gasteiger partial charge in [-0.3, -0.25) is 4.98 Å². The van der Waals surface area contributed by atoms with Gasteiger partial charge in [0.25, 0.3) is 0 Å². The van der Waals surface area contributed by atoms with Crippen LogP contribution in [0.15, 0.2) is 75.5 Å². The Balaban J connectivity index is 1.75. The summed E-state index contributed by atoms with van der Waals surface area (Å²) in [7, 11) is 0. The van der Waals surface area contributed by atoms with Crippen molar-refractivity contribution >= 4 is 23.4 Å². The van der Waals surface area contributed by atoms with Gasteiger partial charge < -0.3 is 9.52 Å². The lowest BCUT2D eigenvalue weighted by atomic mass is 9.90. The fourth-order valence-corrected chi connectivity index (χ4v) is 3.73. The number of oxazole rings is 1. The van der Waals surface area contributed by atoms with Crippen LogP contribution in [-0.2, 0) is 5.41 Å². The van der Waals surface area contributed by atoms with Crippen molar-refractivity contribution in [3.05, 3.63) is 77.5 Å². The molecule has 8 heteroatoms. The Hall–Kier alpha value is -2.74. The number of halogens is 2. The first-order valence-corrected chi connectivity index (χ1v) is 10.7. The van der Waals surface area contributed by atoms with Crippen molar-refractivity contribution in [1.29, 1.82) is 0 Å². The van der Waals surface area contributed by atoms with Crippen LogP contribution < -0.4 is 0 Å². The molecule has 0 aliphatic carbocycles. The molecule has 0 saturated carbocycles. The van der Waals surface area contributed by atoms with Gasteiger partial charge in [-0.15, -0.1) is 0 Å². The van der Waals surface area contributed by atoms with Gasteiger partial charge in [0.1, 0.15) is 16.5 Å². The summed E-state index contributed by atoms with van der Waals surface area (Å²) in [6.45, 7) is 3.83. The Bertz CT molecular complexity index is 1180. The van der Waals surface area contributed by atoms with Crippen molar-refractivity contribution in [3.63, 3.8) is 0 Å². The van der Waals surface area contributed by atoms with Crippen molar-refractivity contribution in [2.24, 2.45) is 0 Å². The molecule has 4 aromatic rings. The van der Waals surface area contributed by atoms with E-state index in [4.69, 9.17) is 16.0 Å². The monoisotopic (exact) mass is 455 g/mol. The summed E-state index contributed by atoms with van der Waals surface area (Å²) in [6.07, 6.45) is 3.27. The van der Waals surface area contributed by atoms with Crippen LogP contribution in [0.1, 0.15) is 19.5 Å². The third-order valence-electron chi connectivity index (χ3n) is 4.71. The van der Waals surface area contributed by atoms with Crippen molar-refractivity contribution in [2.45, 2.75) is 29.4 Å². The molecule has 0 aliphatic rings. The summed E-state index contributed by atoms with van der Waals surface area (Å²) >= 11 is 7.25. The molecule has 0 amide bonds. The normalized spacial score (nSPS) is 11.6. The average molecular weight is 456 g/mol. The second kappa shape index (κ2) is 8.78. The summed E-state index contributed by atoms with van der Waals surface area (Å²) < 4.78 is 19.4. The predicted molar refractivity (Wildman–Crippen MR) is 119 cm³/mol. The van der Waals surface area contributed by atoms with E-state index < -0.39 is 5.41 Å². The van der Waals surface area contributed by atoms with Gasteiger partial charge in [-0.25, -0.2) is 14.4 Å². The number of aliphatic hydroxyl groups excluding tert-OH is 1. The molecule has 1 N–H and O–H groups in total. The minimum Gasteiger partial charge on any atom is -0.429 e. The number of hydrogen-bond acceptors (Lipinski definition) is 6. The summed E-state index contributed by atoms with van der Waals surface area (Å²) in [5, 5.41) is 11.4. The van der Waals surface area contributed by atoms with Crippen LogP contribution in [0.2, 0.25) is 5.02 Å². The first kappa shape index (κ1) is 21.5. The van der Waals surface area contributed by atoms with Crippen molar-refractivity contribution in [2.75, 3.05) is 6.61 Å².